The number of aromatic nitrogens is 4. The van der Waals surface area contributed by atoms with Crippen LogP contribution in [0, 0.1) is 0 Å². The van der Waals surface area contributed by atoms with E-state index in [1.165, 1.54) is 11.9 Å². The third kappa shape index (κ3) is 3.51. The average Bonchev–Trinajstić information content (AvgIpc) is 3.30. The summed E-state index contributed by atoms with van der Waals surface area (Å²) in [5, 5.41) is 13.3. The molecule has 1 saturated heterocycles. The van der Waals surface area contributed by atoms with E-state index in [4.69, 9.17) is 16.3 Å². The highest BCUT2D eigenvalue weighted by Crippen LogP contribution is 2.31. The van der Waals surface area contributed by atoms with Crippen molar-refractivity contribution in [3.63, 3.8) is 0 Å². The maximum Gasteiger partial charge on any atom is 0.167 e. The van der Waals surface area contributed by atoms with Gasteiger partial charge in [-0.3, -0.25) is 4.57 Å². The first-order valence-corrected chi connectivity index (χ1v) is 9.04. The number of halogens is 1. The van der Waals surface area contributed by atoms with Gasteiger partial charge < -0.3 is 15.2 Å². The Morgan fingerprint density at radius 1 is 1.19 bits per heavy atom. The molecule has 2 unspecified atom stereocenters. The number of imidazole rings is 1. The van der Waals surface area contributed by atoms with Crippen LogP contribution in [0.4, 0.5) is 5.82 Å². The van der Waals surface area contributed by atoms with Crippen molar-refractivity contribution in [1.82, 2.24) is 19.5 Å². The first-order chi connectivity index (χ1) is 12.7. The molecule has 7 nitrogen and oxygen atoms in total. The van der Waals surface area contributed by atoms with E-state index in [1.807, 2.05) is 28.8 Å². The first kappa shape index (κ1) is 17.2. The molecular formula is C18H20ClN5O2. The molecule has 3 heterocycles. The van der Waals surface area contributed by atoms with Crippen molar-refractivity contribution in [2.24, 2.45) is 0 Å². The summed E-state index contributed by atoms with van der Waals surface area (Å²) in [7, 11) is 0. The van der Waals surface area contributed by atoms with Gasteiger partial charge in [0.15, 0.2) is 17.0 Å². The Labute approximate surface area is 156 Å². The SMILES string of the molecule is OCC1CCC(n2cnc3c(NCCc4ccc(Cl)cc4)ncnc32)O1. The van der Waals surface area contributed by atoms with Gasteiger partial charge in [-0.15, -0.1) is 0 Å². The van der Waals surface area contributed by atoms with Gasteiger partial charge in [-0.25, -0.2) is 15.0 Å². The van der Waals surface area contributed by atoms with Gasteiger partial charge in [0.1, 0.15) is 12.6 Å². The molecule has 1 fully saturated rings. The van der Waals surface area contributed by atoms with Crippen molar-refractivity contribution < 1.29 is 9.84 Å². The van der Waals surface area contributed by atoms with Crippen molar-refractivity contribution in [2.75, 3.05) is 18.5 Å². The molecule has 1 aromatic carbocycles. The largest absolute Gasteiger partial charge is 0.394 e. The smallest absolute Gasteiger partial charge is 0.167 e. The summed E-state index contributed by atoms with van der Waals surface area (Å²) < 4.78 is 7.75. The van der Waals surface area contributed by atoms with Gasteiger partial charge in [-0.05, 0) is 37.0 Å². The van der Waals surface area contributed by atoms with Gasteiger partial charge in [0.2, 0.25) is 0 Å². The Kier molecular flexibility index (Phi) is 5.01. The van der Waals surface area contributed by atoms with Gasteiger partial charge >= 0.3 is 0 Å². The molecule has 0 amide bonds. The minimum absolute atomic E-state index is 0.0373. The lowest BCUT2D eigenvalue weighted by Gasteiger charge is -2.14. The first-order valence-electron chi connectivity index (χ1n) is 8.67. The number of fused-ring (bicyclic) bond motifs is 1. The van der Waals surface area contributed by atoms with Crippen LogP contribution in [0.15, 0.2) is 36.9 Å². The van der Waals surface area contributed by atoms with E-state index < -0.39 is 0 Å². The van der Waals surface area contributed by atoms with Crippen LogP contribution in [-0.4, -0.2) is 43.9 Å². The number of hydrogen-bond donors (Lipinski definition) is 2. The fourth-order valence-corrected chi connectivity index (χ4v) is 3.32. The van der Waals surface area contributed by atoms with Crippen LogP contribution in [0.2, 0.25) is 5.02 Å². The van der Waals surface area contributed by atoms with E-state index in [9.17, 15) is 5.11 Å². The zero-order chi connectivity index (χ0) is 17.9. The quantitative estimate of drug-likeness (QED) is 0.691. The molecule has 2 atom stereocenters. The molecule has 2 aromatic heterocycles. The molecule has 1 aliphatic rings. The van der Waals surface area contributed by atoms with E-state index in [2.05, 4.69) is 20.3 Å². The second-order valence-corrected chi connectivity index (χ2v) is 6.76. The van der Waals surface area contributed by atoms with Crippen molar-refractivity contribution in [2.45, 2.75) is 31.6 Å². The number of anilines is 1. The molecular weight excluding hydrogens is 354 g/mol. The van der Waals surface area contributed by atoms with Crippen LogP contribution in [-0.2, 0) is 11.2 Å². The topological polar surface area (TPSA) is 85.1 Å². The molecule has 0 saturated carbocycles. The van der Waals surface area contributed by atoms with Gasteiger partial charge in [-0.2, -0.15) is 0 Å². The molecule has 26 heavy (non-hydrogen) atoms. The predicted molar refractivity (Wildman–Crippen MR) is 99.2 cm³/mol. The maximum absolute atomic E-state index is 9.25. The van der Waals surface area contributed by atoms with Crippen molar-refractivity contribution in [3.05, 3.63) is 47.5 Å². The van der Waals surface area contributed by atoms with E-state index in [0.717, 1.165) is 42.0 Å². The van der Waals surface area contributed by atoms with Gasteiger partial charge in [-0.1, -0.05) is 23.7 Å². The molecule has 8 heteroatoms. The van der Waals surface area contributed by atoms with E-state index in [0.29, 0.717) is 5.82 Å². The fraction of sp³-hybridized carbons (Fsp3) is 0.389. The predicted octanol–water partition coefficient (Wildman–Crippen LogP) is 2.80. The highest BCUT2D eigenvalue weighted by atomic mass is 35.5. The summed E-state index contributed by atoms with van der Waals surface area (Å²) in [5.74, 6) is 0.708. The summed E-state index contributed by atoms with van der Waals surface area (Å²) in [4.78, 5) is 13.2. The maximum atomic E-state index is 9.25. The van der Waals surface area contributed by atoms with Crippen LogP contribution in [0.3, 0.4) is 0 Å². The molecule has 4 rings (SSSR count). The number of rotatable bonds is 6. The summed E-state index contributed by atoms with van der Waals surface area (Å²) in [6, 6.07) is 7.82. The molecule has 1 aliphatic heterocycles. The van der Waals surface area contributed by atoms with Crippen molar-refractivity contribution in [3.8, 4) is 0 Å². The van der Waals surface area contributed by atoms with Crippen molar-refractivity contribution in [1.29, 1.82) is 0 Å². The summed E-state index contributed by atoms with van der Waals surface area (Å²) in [5.41, 5.74) is 2.66. The third-order valence-corrected chi connectivity index (χ3v) is 4.83. The number of ether oxygens (including phenoxy) is 1. The average molecular weight is 374 g/mol. The third-order valence-electron chi connectivity index (χ3n) is 4.58. The second-order valence-electron chi connectivity index (χ2n) is 6.32. The Bertz CT molecular complexity index is 883. The Hall–Kier alpha value is -2.22. The minimum Gasteiger partial charge on any atom is -0.394 e. The number of nitrogens with one attached hydrogen (secondary N) is 1. The number of nitrogens with zero attached hydrogens (tertiary/aromatic N) is 4. The number of hydrogen-bond acceptors (Lipinski definition) is 6. The Morgan fingerprint density at radius 3 is 2.81 bits per heavy atom. The van der Waals surface area contributed by atoms with Crippen LogP contribution >= 0.6 is 11.6 Å². The number of benzene rings is 1. The summed E-state index contributed by atoms with van der Waals surface area (Å²) in [6.07, 6.45) is 5.52. The van der Waals surface area contributed by atoms with E-state index >= 15 is 0 Å². The second kappa shape index (κ2) is 7.57. The normalized spacial score (nSPS) is 19.9. The standard InChI is InChI=1S/C18H20ClN5O2/c19-13-3-1-12(2-4-13)7-8-20-17-16-18(22-10-21-17)24(11-23-16)15-6-5-14(9-25)26-15/h1-4,10-11,14-15,25H,5-9H2,(H,20,21,22). The highest BCUT2D eigenvalue weighted by Gasteiger charge is 2.27. The van der Waals surface area contributed by atoms with E-state index in [-0.39, 0.29) is 18.9 Å². The van der Waals surface area contributed by atoms with Crippen LogP contribution in [0.1, 0.15) is 24.6 Å². The van der Waals surface area contributed by atoms with Crippen molar-refractivity contribution >= 4 is 28.6 Å². The molecule has 0 radical (unpaired) electrons. The summed E-state index contributed by atoms with van der Waals surface area (Å²) >= 11 is 5.91. The summed E-state index contributed by atoms with van der Waals surface area (Å²) in [6.45, 7) is 0.767. The van der Waals surface area contributed by atoms with Gasteiger partial charge in [0.05, 0.1) is 19.0 Å². The lowest BCUT2D eigenvalue weighted by Crippen LogP contribution is -2.14. The zero-order valence-electron chi connectivity index (χ0n) is 14.2. The van der Waals surface area contributed by atoms with Crippen LogP contribution in [0.25, 0.3) is 11.2 Å². The van der Waals surface area contributed by atoms with Gasteiger partial charge in [0, 0.05) is 11.6 Å². The number of aliphatic hydroxyl groups excluding tert-OH is 1. The number of aliphatic hydroxyl groups is 1. The van der Waals surface area contributed by atoms with Gasteiger partial charge in [0.25, 0.3) is 0 Å². The molecule has 2 N–H and O–H groups in total. The zero-order valence-corrected chi connectivity index (χ0v) is 14.9. The molecule has 3 aromatic rings. The van der Waals surface area contributed by atoms with E-state index in [1.54, 1.807) is 6.33 Å². The lowest BCUT2D eigenvalue weighted by atomic mass is 10.1. The Balaban J connectivity index is 1.47. The molecule has 136 valence electrons. The minimum atomic E-state index is -0.144. The molecule has 0 aliphatic carbocycles. The Morgan fingerprint density at radius 2 is 2.04 bits per heavy atom. The molecule has 0 spiro atoms. The fourth-order valence-electron chi connectivity index (χ4n) is 3.19. The molecule has 0 bridgehead atoms. The van der Waals surface area contributed by atoms with Crippen LogP contribution < -0.4 is 5.32 Å². The lowest BCUT2D eigenvalue weighted by molar-refractivity contribution is -0.0207. The van der Waals surface area contributed by atoms with Crippen LogP contribution in [0.5, 0.6) is 0 Å². The highest BCUT2D eigenvalue weighted by molar-refractivity contribution is 6.30. The monoisotopic (exact) mass is 373 g/mol.